The molecule has 2 aromatic carbocycles. The van der Waals surface area contributed by atoms with E-state index in [0.29, 0.717) is 12.7 Å². The van der Waals surface area contributed by atoms with Crippen LogP contribution in [0.25, 0.3) is 11.4 Å². The minimum absolute atomic E-state index is 0.0229. The Balaban J connectivity index is 1.15. The monoisotopic (exact) mass is 490 g/mol. The van der Waals surface area contributed by atoms with Crippen LogP contribution in [0.5, 0.6) is 11.5 Å². The zero-order chi connectivity index (χ0) is 24.9. The third-order valence-corrected chi connectivity index (χ3v) is 6.97. The minimum atomic E-state index is -0.129. The van der Waals surface area contributed by atoms with E-state index in [9.17, 15) is 9.59 Å². The van der Waals surface area contributed by atoms with Gasteiger partial charge in [-0.2, -0.15) is 0 Å². The Bertz CT molecular complexity index is 1210. The van der Waals surface area contributed by atoms with E-state index in [4.69, 9.17) is 9.47 Å². The number of aromatic nitrogens is 2. The molecule has 1 aliphatic heterocycles. The van der Waals surface area contributed by atoms with Gasteiger partial charge < -0.3 is 14.8 Å². The van der Waals surface area contributed by atoms with Gasteiger partial charge in [0, 0.05) is 45.0 Å². The summed E-state index contributed by atoms with van der Waals surface area (Å²) in [5.41, 5.74) is 1.46. The number of ether oxygens (including phenoxy) is 2. The van der Waals surface area contributed by atoms with E-state index in [-0.39, 0.29) is 17.6 Å². The topological polar surface area (TPSA) is 77.7 Å². The van der Waals surface area contributed by atoms with Crippen molar-refractivity contribution in [3.05, 3.63) is 71.4 Å². The summed E-state index contributed by atoms with van der Waals surface area (Å²) >= 11 is 0. The summed E-state index contributed by atoms with van der Waals surface area (Å²) < 4.78 is 15.2. The highest BCUT2D eigenvalue weighted by atomic mass is 16.5. The average Bonchev–Trinajstić information content (AvgIpc) is 3.62. The molecule has 1 aromatic heterocycles. The summed E-state index contributed by atoms with van der Waals surface area (Å²) in [5.74, 6) is 1.64. The summed E-state index contributed by atoms with van der Waals surface area (Å²) in [4.78, 5) is 26.6. The van der Waals surface area contributed by atoms with Crippen molar-refractivity contribution in [2.75, 3.05) is 26.2 Å². The molecule has 0 spiro atoms. The van der Waals surface area contributed by atoms with Gasteiger partial charge in [0.15, 0.2) is 0 Å². The molecule has 0 bridgehead atoms. The molecule has 8 heteroatoms. The fraction of sp³-hybridized carbons (Fsp3) is 0.429. The van der Waals surface area contributed by atoms with Gasteiger partial charge in [0.05, 0.1) is 17.5 Å². The molecule has 2 heterocycles. The second-order valence-electron chi connectivity index (χ2n) is 9.67. The predicted octanol–water partition coefficient (Wildman–Crippen LogP) is 3.54. The number of likely N-dealkylation sites (tertiary alicyclic amines) is 1. The molecule has 36 heavy (non-hydrogen) atoms. The summed E-state index contributed by atoms with van der Waals surface area (Å²) in [6, 6.07) is 15.5. The fourth-order valence-corrected chi connectivity index (χ4v) is 5.09. The standard InChI is InChI=1S/C28H34N4O4/c1-21(33)29-22-14-15-30(20-22)18-19-35-25-10-6-23(7-11-25)31-16-17-32(28(31)34)24-8-12-27(13-9-24)36-26-4-2-3-5-26/h6-13,16-17,22,26H,2-5,14-15,18-20H2,1H3,(H,29,33). The molecule has 3 aromatic rings. The van der Waals surface area contributed by atoms with Crippen molar-refractivity contribution in [2.45, 2.75) is 51.2 Å². The van der Waals surface area contributed by atoms with Gasteiger partial charge in [-0.3, -0.25) is 18.8 Å². The number of hydrogen-bond acceptors (Lipinski definition) is 5. The van der Waals surface area contributed by atoms with Crippen molar-refractivity contribution in [1.29, 1.82) is 0 Å². The van der Waals surface area contributed by atoms with Gasteiger partial charge in [-0.05, 0) is 80.6 Å². The maximum atomic E-state index is 13.1. The van der Waals surface area contributed by atoms with Gasteiger partial charge in [0.1, 0.15) is 18.1 Å². The van der Waals surface area contributed by atoms with Gasteiger partial charge in [-0.1, -0.05) is 0 Å². The summed E-state index contributed by atoms with van der Waals surface area (Å²) in [6.45, 7) is 4.76. The Kier molecular flexibility index (Phi) is 7.41. The molecule has 1 atom stereocenters. The van der Waals surface area contributed by atoms with E-state index >= 15 is 0 Å². The molecule has 1 saturated carbocycles. The van der Waals surface area contributed by atoms with Gasteiger partial charge >= 0.3 is 5.69 Å². The molecule has 0 radical (unpaired) electrons. The zero-order valence-corrected chi connectivity index (χ0v) is 20.8. The lowest BCUT2D eigenvalue weighted by molar-refractivity contribution is -0.119. The fourth-order valence-electron chi connectivity index (χ4n) is 5.09. The van der Waals surface area contributed by atoms with Gasteiger partial charge in [-0.15, -0.1) is 0 Å². The molecule has 190 valence electrons. The SMILES string of the molecule is CC(=O)NC1CCN(CCOc2ccc(-n3ccn(-c4ccc(OC5CCCC5)cc4)c3=O)cc2)C1. The van der Waals surface area contributed by atoms with Gasteiger partial charge in [0.2, 0.25) is 5.91 Å². The number of rotatable bonds is 9. The molecule has 1 unspecified atom stereocenters. The Morgan fingerprint density at radius 1 is 0.917 bits per heavy atom. The number of carbonyl (C=O) groups is 1. The number of hydrogen-bond donors (Lipinski definition) is 1. The van der Waals surface area contributed by atoms with Crippen LogP contribution in [-0.4, -0.2) is 58.3 Å². The maximum absolute atomic E-state index is 13.1. The highest BCUT2D eigenvalue weighted by Gasteiger charge is 2.22. The van der Waals surface area contributed by atoms with Crippen LogP contribution in [0, 0.1) is 0 Å². The number of imidazole rings is 1. The third kappa shape index (κ3) is 5.82. The predicted molar refractivity (Wildman–Crippen MR) is 138 cm³/mol. The lowest BCUT2D eigenvalue weighted by Gasteiger charge is -2.16. The minimum Gasteiger partial charge on any atom is -0.492 e. The second kappa shape index (κ2) is 11.0. The van der Waals surface area contributed by atoms with E-state index in [1.165, 1.54) is 12.8 Å². The Morgan fingerprint density at radius 3 is 2.14 bits per heavy atom. The van der Waals surface area contributed by atoms with Crippen LogP contribution in [-0.2, 0) is 4.79 Å². The van der Waals surface area contributed by atoms with E-state index in [0.717, 1.165) is 61.8 Å². The summed E-state index contributed by atoms with van der Waals surface area (Å²) in [6.07, 6.45) is 9.55. The number of nitrogens with one attached hydrogen (secondary N) is 1. The van der Waals surface area contributed by atoms with Crippen molar-refractivity contribution in [3.63, 3.8) is 0 Å². The largest absolute Gasteiger partial charge is 0.492 e. The van der Waals surface area contributed by atoms with E-state index in [1.54, 1.807) is 28.5 Å². The third-order valence-electron chi connectivity index (χ3n) is 6.97. The second-order valence-corrected chi connectivity index (χ2v) is 9.67. The summed E-state index contributed by atoms with van der Waals surface area (Å²) in [5, 5.41) is 2.98. The Morgan fingerprint density at radius 2 is 1.53 bits per heavy atom. The number of amides is 1. The van der Waals surface area contributed by atoms with Crippen LogP contribution in [0.2, 0.25) is 0 Å². The molecule has 2 aliphatic rings. The van der Waals surface area contributed by atoms with Crippen LogP contribution in [0.15, 0.2) is 65.7 Å². The lowest BCUT2D eigenvalue weighted by atomic mass is 10.2. The van der Waals surface area contributed by atoms with Crippen LogP contribution in [0.1, 0.15) is 39.0 Å². The quantitative estimate of drug-likeness (QED) is 0.497. The molecule has 5 rings (SSSR count). The van der Waals surface area contributed by atoms with E-state index < -0.39 is 0 Å². The van der Waals surface area contributed by atoms with Crippen LogP contribution in [0.4, 0.5) is 0 Å². The number of nitrogens with zero attached hydrogens (tertiary/aromatic N) is 3. The number of benzene rings is 2. The average molecular weight is 491 g/mol. The Hall–Kier alpha value is -3.52. The van der Waals surface area contributed by atoms with Crippen molar-refractivity contribution in [3.8, 4) is 22.9 Å². The molecular formula is C28H34N4O4. The zero-order valence-electron chi connectivity index (χ0n) is 20.8. The first-order valence-corrected chi connectivity index (χ1v) is 12.8. The Labute approximate surface area is 211 Å². The molecule has 1 aliphatic carbocycles. The van der Waals surface area contributed by atoms with Crippen molar-refractivity contribution in [1.82, 2.24) is 19.4 Å². The van der Waals surface area contributed by atoms with Gasteiger partial charge in [-0.25, -0.2) is 4.79 Å². The van der Waals surface area contributed by atoms with Gasteiger partial charge in [0.25, 0.3) is 0 Å². The molecular weight excluding hydrogens is 456 g/mol. The smallest absolute Gasteiger partial charge is 0.337 e. The van der Waals surface area contributed by atoms with Crippen molar-refractivity contribution < 1.29 is 14.3 Å². The lowest BCUT2D eigenvalue weighted by Crippen LogP contribution is -2.36. The first-order valence-electron chi connectivity index (χ1n) is 12.8. The summed E-state index contributed by atoms with van der Waals surface area (Å²) in [7, 11) is 0. The van der Waals surface area contributed by atoms with Crippen molar-refractivity contribution >= 4 is 5.91 Å². The normalized spacial score (nSPS) is 18.4. The first kappa shape index (κ1) is 24.2. The molecule has 1 amide bonds. The van der Waals surface area contributed by atoms with Crippen LogP contribution >= 0.6 is 0 Å². The van der Waals surface area contributed by atoms with Crippen molar-refractivity contribution in [2.24, 2.45) is 0 Å². The van der Waals surface area contributed by atoms with E-state index in [1.807, 2.05) is 48.5 Å². The molecule has 1 saturated heterocycles. The molecule has 1 N–H and O–H groups in total. The molecule has 2 fully saturated rings. The maximum Gasteiger partial charge on any atom is 0.337 e. The molecule has 8 nitrogen and oxygen atoms in total. The van der Waals surface area contributed by atoms with Crippen LogP contribution in [0.3, 0.4) is 0 Å². The highest BCUT2D eigenvalue weighted by Crippen LogP contribution is 2.25. The number of carbonyl (C=O) groups excluding carboxylic acids is 1. The first-order chi connectivity index (χ1) is 17.5. The van der Waals surface area contributed by atoms with Crippen LogP contribution < -0.4 is 20.5 Å². The highest BCUT2D eigenvalue weighted by molar-refractivity contribution is 5.73. The van der Waals surface area contributed by atoms with E-state index in [2.05, 4.69) is 10.2 Å².